The molecule has 4 N–H and O–H groups in total. The van der Waals surface area contributed by atoms with E-state index in [1.54, 1.807) is 12.2 Å². The molecule has 5 rings (SSSR count). The zero-order chi connectivity index (χ0) is 40.0. The third-order valence-electron chi connectivity index (χ3n) is 9.08. The van der Waals surface area contributed by atoms with Gasteiger partial charge < -0.3 is 30.7 Å². The van der Waals surface area contributed by atoms with Gasteiger partial charge in [-0.2, -0.15) is 0 Å². The van der Waals surface area contributed by atoms with Crippen LogP contribution in [0.3, 0.4) is 0 Å². The van der Waals surface area contributed by atoms with Crippen LogP contribution in [-0.2, 0) is 35.2 Å². The molecule has 13 nitrogen and oxygen atoms in total. The van der Waals surface area contributed by atoms with E-state index >= 15 is 0 Å². The number of nitrogens with zero attached hydrogens (tertiary/aromatic N) is 1. The minimum absolute atomic E-state index is 0.0461. The fourth-order valence-corrected chi connectivity index (χ4v) is 6.86. The van der Waals surface area contributed by atoms with Crippen LogP contribution in [-0.4, -0.2) is 70.9 Å². The van der Waals surface area contributed by atoms with Crippen LogP contribution < -0.4 is 21.3 Å². The smallest absolute Gasteiger partial charge is 0.407 e. The molecule has 2 aliphatic rings. The predicted molar refractivity (Wildman–Crippen MR) is 208 cm³/mol. The molecule has 2 heterocycles. The van der Waals surface area contributed by atoms with Crippen molar-refractivity contribution in [3.05, 3.63) is 113 Å². The molecular weight excluding hydrogens is 742 g/mol. The van der Waals surface area contributed by atoms with Gasteiger partial charge in [0.1, 0.15) is 24.4 Å². The number of amides is 4. The molecular formula is C41H44FN5O8S. The van der Waals surface area contributed by atoms with Gasteiger partial charge in [-0.05, 0) is 73.1 Å². The molecule has 0 fully saturated rings. The Hall–Kier alpha value is -5.83. The third-order valence-corrected chi connectivity index (χ3v) is 9.93. The number of allylic oxidation sites excluding steroid dienone is 2. The van der Waals surface area contributed by atoms with Gasteiger partial charge in [-0.25, -0.2) is 19.0 Å². The quantitative estimate of drug-likeness (QED) is 0.0873. The molecule has 3 aromatic rings. The molecule has 2 bridgehead atoms. The van der Waals surface area contributed by atoms with Crippen molar-refractivity contribution in [2.24, 2.45) is 0 Å². The van der Waals surface area contributed by atoms with Gasteiger partial charge in [0, 0.05) is 25.1 Å². The Bertz CT molecular complexity index is 1980. The summed E-state index contributed by atoms with van der Waals surface area (Å²) in [6.07, 6.45) is 3.89. The highest BCUT2D eigenvalue weighted by atomic mass is 32.2. The Morgan fingerprint density at radius 1 is 1.00 bits per heavy atom. The number of esters is 1. The predicted octanol–water partition coefficient (Wildman–Crippen LogP) is 5.21. The molecule has 294 valence electrons. The third kappa shape index (κ3) is 11.4. The van der Waals surface area contributed by atoms with Crippen molar-refractivity contribution in [1.82, 2.24) is 26.3 Å². The molecule has 0 spiro atoms. The summed E-state index contributed by atoms with van der Waals surface area (Å²) in [5.41, 5.74) is 3.76. The first-order valence-electron chi connectivity index (χ1n) is 18.3. The van der Waals surface area contributed by atoms with E-state index in [0.29, 0.717) is 25.0 Å². The highest BCUT2D eigenvalue weighted by Crippen LogP contribution is 2.44. The summed E-state index contributed by atoms with van der Waals surface area (Å²) in [6.45, 7) is 3.15. The number of alkyl carbamates (subject to hydrolysis) is 1. The van der Waals surface area contributed by atoms with Gasteiger partial charge in [-0.15, -0.1) is 0 Å². The zero-order valence-corrected chi connectivity index (χ0v) is 31.9. The molecule has 4 amide bonds. The summed E-state index contributed by atoms with van der Waals surface area (Å²) in [5.74, 6) is -3.75. The Morgan fingerprint density at radius 3 is 2.41 bits per heavy atom. The van der Waals surface area contributed by atoms with Crippen LogP contribution >= 0.6 is 11.8 Å². The molecule has 2 atom stereocenters. The summed E-state index contributed by atoms with van der Waals surface area (Å²) < 4.78 is 26.0. The summed E-state index contributed by atoms with van der Waals surface area (Å²) in [4.78, 5) is 81.0. The molecule has 0 saturated heterocycles. The van der Waals surface area contributed by atoms with E-state index in [1.165, 1.54) is 26.0 Å². The maximum Gasteiger partial charge on any atom is 0.407 e. The number of thioether (sulfide) groups is 1. The van der Waals surface area contributed by atoms with E-state index in [1.807, 2.05) is 36.4 Å². The molecule has 1 aromatic heterocycles. The number of carbonyl (C=O) groups is 6. The lowest BCUT2D eigenvalue weighted by Gasteiger charge is -2.22. The van der Waals surface area contributed by atoms with Gasteiger partial charge in [0.05, 0.1) is 18.7 Å². The van der Waals surface area contributed by atoms with Crippen LogP contribution in [0.25, 0.3) is 11.1 Å². The number of pyridine rings is 1. The Kier molecular flexibility index (Phi) is 14.9. The van der Waals surface area contributed by atoms with E-state index in [0.717, 1.165) is 40.1 Å². The number of fused-ring (bicyclic) bond motifs is 5. The lowest BCUT2D eigenvalue weighted by molar-refractivity contribution is -0.152. The van der Waals surface area contributed by atoms with Gasteiger partial charge in [0.2, 0.25) is 5.91 Å². The second-order valence-electron chi connectivity index (χ2n) is 13.1. The van der Waals surface area contributed by atoms with Gasteiger partial charge in [0.15, 0.2) is 16.6 Å². The number of unbranched alkanes of at least 4 members (excludes halogenated alkanes) is 1. The molecule has 2 aromatic carbocycles. The number of ether oxygens (including phenoxy) is 2. The van der Waals surface area contributed by atoms with E-state index in [-0.39, 0.29) is 55.0 Å². The fourth-order valence-electron chi connectivity index (χ4n) is 6.32. The maximum atomic E-state index is 14.7. The average Bonchev–Trinajstić information content (AvgIpc) is 3.50. The van der Waals surface area contributed by atoms with Crippen molar-refractivity contribution >= 4 is 46.7 Å². The number of halogens is 1. The van der Waals surface area contributed by atoms with Crippen LogP contribution in [0.5, 0.6) is 0 Å². The Labute approximate surface area is 328 Å². The largest absolute Gasteiger partial charge is 0.456 e. The molecule has 1 aliphatic carbocycles. The van der Waals surface area contributed by atoms with Crippen molar-refractivity contribution < 1.29 is 42.6 Å². The standard InChI is InChI=1S/C41H44FN5O8S/c1-3-34-38(50)47-35(17-8-10-20-43-41(53)54-24-32-30-15-6-4-13-28(30)29-14-5-7-16-31(29)32)40(52)55-27(12-9-11-21-56-25(2)48)22-36(49)44-23-26-18-19-33(42)37(45-26)39(51)46-34/h3-7,9,12-16,18-19,27,32,35H,8,10-11,17,20-24H2,1-2H3,(H,43,53)(H,44,49)(H,46,51)(H,47,50)/b12-9+,34-3-/t27-,35+/m1/s1. The molecule has 15 heteroatoms. The van der Waals surface area contributed by atoms with Gasteiger partial charge in [0.25, 0.3) is 11.8 Å². The fraction of sp³-hybridized carbons (Fsp3) is 0.341. The second-order valence-corrected chi connectivity index (χ2v) is 14.3. The van der Waals surface area contributed by atoms with E-state index in [4.69, 9.17) is 9.47 Å². The van der Waals surface area contributed by atoms with Crippen LogP contribution in [0.4, 0.5) is 9.18 Å². The number of aromatic nitrogens is 1. The number of hydrogen-bond donors (Lipinski definition) is 4. The number of benzene rings is 2. The minimum atomic E-state index is -1.23. The molecule has 56 heavy (non-hydrogen) atoms. The van der Waals surface area contributed by atoms with E-state index in [2.05, 4.69) is 38.4 Å². The first-order chi connectivity index (χ1) is 27.0. The molecule has 1 aliphatic heterocycles. The number of nitrogens with one attached hydrogen (secondary N) is 4. The van der Waals surface area contributed by atoms with Crippen molar-refractivity contribution in [1.29, 1.82) is 0 Å². The Morgan fingerprint density at radius 2 is 1.71 bits per heavy atom. The van der Waals surface area contributed by atoms with Crippen LogP contribution in [0.1, 0.15) is 79.2 Å². The number of hydrogen-bond acceptors (Lipinski definition) is 10. The molecule has 0 radical (unpaired) electrons. The number of carbonyl (C=O) groups excluding carboxylic acids is 6. The SMILES string of the molecule is C/C=C1\NC(=O)c2nc(ccc2F)CNC(=O)C[C@@H](/C=C/CCSC(C)=O)OC(=O)[C@H](CCCCNC(=O)OCC2c3ccccc3-c3ccccc32)NC1=O. The normalized spacial score (nSPS) is 18.4. The minimum Gasteiger partial charge on any atom is -0.456 e. The monoisotopic (exact) mass is 785 g/mol. The lowest BCUT2D eigenvalue weighted by atomic mass is 9.98. The number of rotatable bonds is 11. The van der Waals surface area contributed by atoms with E-state index < -0.39 is 53.4 Å². The van der Waals surface area contributed by atoms with Crippen molar-refractivity contribution in [2.45, 2.75) is 70.6 Å². The summed E-state index contributed by atoms with van der Waals surface area (Å²) in [6, 6.07) is 17.2. The van der Waals surface area contributed by atoms with Gasteiger partial charge in [-0.1, -0.05) is 72.4 Å². The number of cyclic esters (lactones) is 1. The molecule has 0 saturated carbocycles. The topological polar surface area (TPSA) is 182 Å². The second kappa shape index (κ2) is 20.2. The summed E-state index contributed by atoms with van der Waals surface area (Å²) in [5, 5.41) is 10.3. The van der Waals surface area contributed by atoms with Crippen molar-refractivity contribution in [3.63, 3.8) is 0 Å². The summed E-state index contributed by atoms with van der Waals surface area (Å²) in [7, 11) is 0. The Balaban J connectivity index is 1.22. The molecule has 0 unspecified atom stereocenters. The lowest BCUT2D eigenvalue weighted by Crippen LogP contribution is -2.46. The first-order valence-corrected chi connectivity index (χ1v) is 19.3. The van der Waals surface area contributed by atoms with Crippen LogP contribution in [0.2, 0.25) is 0 Å². The summed E-state index contributed by atoms with van der Waals surface area (Å²) >= 11 is 1.13. The van der Waals surface area contributed by atoms with E-state index in [9.17, 15) is 33.2 Å². The first kappa shape index (κ1) is 41.3. The average molecular weight is 786 g/mol. The zero-order valence-electron chi connectivity index (χ0n) is 31.1. The highest BCUT2D eigenvalue weighted by Gasteiger charge is 2.30. The van der Waals surface area contributed by atoms with Gasteiger partial charge in [-0.3, -0.25) is 19.2 Å². The van der Waals surface area contributed by atoms with Crippen LogP contribution in [0.15, 0.2) is 84.6 Å². The van der Waals surface area contributed by atoms with Gasteiger partial charge >= 0.3 is 12.1 Å². The van der Waals surface area contributed by atoms with Crippen molar-refractivity contribution in [2.75, 3.05) is 18.9 Å². The van der Waals surface area contributed by atoms with Crippen LogP contribution in [0, 0.1) is 5.82 Å². The van der Waals surface area contributed by atoms with Crippen molar-refractivity contribution in [3.8, 4) is 11.1 Å². The highest BCUT2D eigenvalue weighted by molar-refractivity contribution is 8.13. The maximum absolute atomic E-state index is 14.7.